The van der Waals surface area contributed by atoms with Crippen LogP contribution < -0.4 is 16.4 Å². The van der Waals surface area contributed by atoms with E-state index in [1.54, 1.807) is 0 Å². The van der Waals surface area contributed by atoms with Crippen LogP contribution in [0.25, 0.3) is 0 Å². The van der Waals surface area contributed by atoms with Crippen LogP contribution in [-0.4, -0.2) is 11.9 Å². The minimum atomic E-state index is 0.0384. The molecule has 1 aliphatic rings. The first kappa shape index (κ1) is 12.7. The topological polar surface area (TPSA) is 67.1 Å². The van der Waals surface area contributed by atoms with E-state index in [1.807, 2.05) is 12.1 Å². The molecule has 1 aromatic carbocycles. The van der Waals surface area contributed by atoms with Crippen LogP contribution in [-0.2, 0) is 11.2 Å². The Morgan fingerprint density at radius 3 is 2.83 bits per heavy atom. The Morgan fingerprint density at radius 2 is 2.17 bits per heavy atom. The van der Waals surface area contributed by atoms with Crippen molar-refractivity contribution in [1.29, 1.82) is 0 Å². The smallest absolute Gasteiger partial charge is 0.228 e. The van der Waals surface area contributed by atoms with Crippen LogP contribution in [0.1, 0.15) is 32.8 Å². The van der Waals surface area contributed by atoms with Crippen molar-refractivity contribution >= 4 is 23.0 Å². The van der Waals surface area contributed by atoms with Crippen LogP contribution in [0.5, 0.6) is 0 Å². The Kier molecular flexibility index (Phi) is 3.45. The summed E-state index contributed by atoms with van der Waals surface area (Å²) >= 11 is 0. The lowest BCUT2D eigenvalue weighted by atomic mass is 10.00. The number of benzene rings is 1. The van der Waals surface area contributed by atoms with Gasteiger partial charge < -0.3 is 16.4 Å². The fraction of sp³-hybridized carbons (Fsp3) is 0.500. The number of nitrogens with one attached hydrogen (secondary N) is 2. The average molecular weight is 247 g/mol. The number of carbonyl (C=O) groups is 1. The second kappa shape index (κ2) is 4.88. The summed E-state index contributed by atoms with van der Waals surface area (Å²) in [6.07, 6.45) is 1.55. The van der Waals surface area contributed by atoms with Crippen molar-refractivity contribution in [2.75, 3.05) is 16.4 Å². The normalized spacial score (nSPS) is 16.9. The zero-order chi connectivity index (χ0) is 13.3. The third-order valence-electron chi connectivity index (χ3n) is 3.78. The highest BCUT2D eigenvalue weighted by molar-refractivity contribution is 6.00. The summed E-state index contributed by atoms with van der Waals surface area (Å²) in [6.45, 7) is 6.54. The molecule has 2 atom stereocenters. The lowest BCUT2D eigenvalue weighted by Crippen LogP contribution is -2.23. The third kappa shape index (κ3) is 2.42. The van der Waals surface area contributed by atoms with Crippen LogP contribution in [0.4, 0.5) is 17.1 Å². The zero-order valence-corrected chi connectivity index (χ0v) is 11.2. The van der Waals surface area contributed by atoms with E-state index in [4.69, 9.17) is 5.73 Å². The van der Waals surface area contributed by atoms with E-state index in [2.05, 4.69) is 31.4 Å². The molecule has 2 rings (SSSR count). The molecule has 0 spiro atoms. The standard InChI is InChI=1S/C14H21N3O/c1-4-8(2)9(3)16-13-7-12-10(5-11(13)15)6-14(18)17-12/h5,7-9,16H,4,6,15H2,1-3H3,(H,17,18). The summed E-state index contributed by atoms with van der Waals surface area (Å²) in [4.78, 5) is 11.3. The quantitative estimate of drug-likeness (QED) is 0.716. The van der Waals surface area contributed by atoms with E-state index in [9.17, 15) is 4.79 Å². The van der Waals surface area contributed by atoms with Gasteiger partial charge in [0.15, 0.2) is 0 Å². The van der Waals surface area contributed by atoms with E-state index in [0.29, 0.717) is 24.1 Å². The minimum absolute atomic E-state index is 0.0384. The predicted molar refractivity (Wildman–Crippen MR) is 75.7 cm³/mol. The number of anilines is 3. The first-order valence-electron chi connectivity index (χ1n) is 6.50. The molecule has 98 valence electrons. The van der Waals surface area contributed by atoms with Gasteiger partial charge in [-0.25, -0.2) is 0 Å². The molecule has 4 heteroatoms. The largest absolute Gasteiger partial charge is 0.397 e. The molecule has 0 saturated heterocycles. The van der Waals surface area contributed by atoms with Gasteiger partial charge in [-0.05, 0) is 30.5 Å². The molecule has 4 N–H and O–H groups in total. The number of rotatable bonds is 4. The number of fused-ring (bicyclic) bond motifs is 1. The van der Waals surface area contributed by atoms with E-state index in [-0.39, 0.29) is 5.91 Å². The van der Waals surface area contributed by atoms with Crippen molar-refractivity contribution in [3.8, 4) is 0 Å². The molecule has 1 heterocycles. The highest BCUT2D eigenvalue weighted by Crippen LogP contribution is 2.32. The van der Waals surface area contributed by atoms with Crippen molar-refractivity contribution in [2.45, 2.75) is 39.7 Å². The van der Waals surface area contributed by atoms with Gasteiger partial charge in [0.2, 0.25) is 5.91 Å². The Morgan fingerprint density at radius 1 is 1.44 bits per heavy atom. The number of amides is 1. The van der Waals surface area contributed by atoms with Crippen molar-refractivity contribution < 1.29 is 4.79 Å². The Hall–Kier alpha value is -1.71. The molecule has 0 aliphatic carbocycles. The molecule has 0 fully saturated rings. The summed E-state index contributed by atoms with van der Waals surface area (Å²) in [6, 6.07) is 4.18. The Labute approximate surface area is 108 Å². The molecule has 1 aromatic rings. The van der Waals surface area contributed by atoms with Gasteiger partial charge >= 0.3 is 0 Å². The van der Waals surface area contributed by atoms with Crippen molar-refractivity contribution in [3.05, 3.63) is 17.7 Å². The summed E-state index contributed by atoms with van der Waals surface area (Å²) in [7, 11) is 0. The maximum atomic E-state index is 11.3. The van der Waals surface area contributed by atoms with Gasteiger partial charge in [-0.1, -0.05) is 20.3 Å². The molecule has 4 nitrogen and oxygen atoms in total. The summed E-state index contributed by atoms with van der Waals surface area (Å²) in [5, 5.41) is 6.28. The van der Waals surface area contributed by atoms with Gasteiger partial charge in [-0.2, -0.15) is 0 Å². The van der Waals surface area contributed by atoms with Gasteiger partial charge in [-0.15, -0.1) is 0 Å². The van der Waals surface area contributed by atoms with Gasteiger partial charge in [0.05, 0.1) is 17.8 Å². The van der Waals surface area contributed by atoms with Gasteiger partial charge in [0, 0.05) is 11.7 Å². The number of hydrogen-bond donors (Lipinski definition) is 3. The highest BCUT2D eigenvalue weighted by atomic mass is 16.1. The fourth-order valence-electron chi connectivity index (χ4n) is 2.16. The van der Waals surface area contributed by atoms with Crippen LogP contribution >= 0.6 is 0 Å². The molecule has 0 aromatic heterocycles. The van der Waals surface area contributed by atoms with Crippen LogP contribution in [0.2, 0.25) is 0 Å². The van der Waals surface area contributed by atoms with E-state index < -0.39 is 0 Å². The summed E-state index contributed by atoms with van der Waals surface area (Å²) in [5.41, 5.74) is 9.51. The van der Waals surface area contributed by atoms with Crippen LogP contribution in [0.3, 0.4) is 0 Å². The first-order chi connectivity index (χ1) is 8.51. The highest BCUT2D eigenvalue weighted by Gasteiger charge is 2.20. The number of nitrogen functional groups attached to an aromatic ring is 1. The van der Waals surface area contributed by atoms with Gasteiger partial charge in [-0.3, -0.25) is 4.79 Å². The number of nitrogens with two attached hydrogens (primary N) is 1. The molecule has 0 radical (unpaired) electrons. The summed E-state index contributed by atoms with van der Waals surface area (Å²) in [5.74, 6) is 0.615. The molecule has 0 saturated carbocycles. The maximum absolute atomic E-state index is 11.3. The fourth-order valence-corrected chi connectivity index (χ4v) is 2.16. The average Bonchev–Trinajstić information content (AvgIpc) is 2.67. The second-order valence-electron chi connectivity index (χ2n) is 5.14. The van der Waals surface area contributed by atoms with Crippen LogP contribution in [0, 0.1) is 5.92 Å². The SMILES string of the molecule is CCC(C)C(C)Nc1cc2c(cc1N)CC(=O)N2. The minimum Gasteiger partial charge on any atom is -0.397 e. The predicted octanol–water partition coefficient (Wildman–Crippen LogP) is 2.61. The summed E-state index contributed by atoms with van der Waals surface area (Å²) < 4.78 is 0. The van der Waals surface area contributed by atoms with Crippen molar-refractivity contribution in [1.82, 2.24) is 0 Å². The Balaban J connectivity index is 2.20. The second-order valence-corrected chi connectivity index (χ2v) is 5.14. The lowest BCUT2D eigenvalue weighted by Gasteiger charge is -2.22. The monoisotopic (exact) mass is 247 g/mol. The molecule has 1 aliphatic heterocycles. The van der Waals surface area contributed by atoms with E-state index in [0.717, 1.165) is 23.4 Å². The number of carbonyl (C=O) groups excluding carboxylic acids is 1. The van der Waals surface area contributed by atoms with E-state index in [1.165, 1.54) is 0 Å². The van der Waals surface area contributed by atoms with Gasteiger partial charge in [0.1, 0.15) is 0 Å². The maximum Gasteiger partial charge on any atom is 0.228 e. The van der Waals surface area contributed by atoms with E-state index >= 15 is 0 Å². The zero-order valence-electron chi connectivity index (χ0n) is 11.2. The lowest BCUT2D eigenvalue weighted by molar-refractivity contribution is -0.115. The molecule has 18 heavy (non-hydrogen) atoms. The van der Waals surface area contributed by atoms with Crippen molar-refractivity contribution in [3.63, 3.8) is 0 Å². The van der Waals surface area contributed by atoms with Gasteiger partial charge in [0.25, 0.3) is 0 Å². The molecule has 2 unspecified atom stereocenters. The molecular weight excluding hydrogens is 226 g/mol. The molecule has 1 amide bonds. The number of hydrogen-bond acceptors (Lipinski definition) is 3. The third-order valence-corrected chi connectivity index (χ3v) is 3.78. The van der Waals surface area contributed by atoms with Crippen molar-refractivity contribution in [2.24, 2.45) is 5.92 Å². The Bertz CT molecular complexity index is 470. The molecular formula is C14H21N3O. The molecule has 0 bridgehead atoms. The first-order valence-corrected chi connectivity index (χ1v) is 6.50. The van der Waals surface area contributed by atoms with Crippen LogP contribution in [0.15, 0.2) is 12.1 Å².